The number of benzene rings is 1. The Kier molecular flexibility index (Phi) is 3.96. The van der Waals surface area contributed by atoms with Crippen LogP contribution < -0.4 is 0 Å². The molecule has 0 bridgehead atoms. The van der Waals surface area contributed by atoms with Gasteiger partial charge in [-0.05, 0) is 11.6 Å². The number of nitro groups is 1. The normalized spacial score (nSPS) is 24.4. The molecule has 0 radical (unpaired) electrons. The van der Waals surface area contributed by atoms with Crippen LogP contribution >= 0.6 is 15.9 Å². The van der Waals surface area contributed by atoms with Crippen molar-refractivity contribution in [2.45, 2.75) is 18.8 Å². The van der Waals surface area contributed by atoms with Crippen LogP contribution in [-0.4, -0.2) is 45.3 Å². The number of rotatable bonds is 3. The van der Waals surface area contributed by atoms with Gasteiger partial charge < -0.3 is 10.2 Å². The van der Waals surface area contributed by atoms with Gasteiger partial charge in [-0.1, -0.05) is 15.9 Å². The van der Waals surface area contributed by atoms with Crippen LogP contribution in [0.2, 0.25) is 0 Å². The van der Waals surface area contributed by atoms with Crippen LogP contribution in [0.5, 0.6) is 0 Å². The highest BCUT2D eigenvalue weighted by Gasteiger charge is 2.29. The maximum atomic E-state index is 10.6. The second-order valence-electron chi connectivity index (χ2n) is 4.36. The molecule has 0 spiro atoms. The van der Waals surface area contributed by atoms with Crippen molar-refractivity contribution in [2.75, 3.05) is 13.1 Å². The van der Waals surface area contributed by atoms with Gasteiger partial charge in [0.05, 0.1) is 17.1 Å². The van der Waals surface area contributed by atoms with Gasteiger partial charge >= 0.3 is 0 Å². The van der Waals surface area contributed by atoms with Crippen molar-refractivity contribution in [1.82, 2.24) is 4.90 Å². The molecule has 1 aliphatic rings. The zero-order valence-electron chi connectivity index (χ0n) is 9.49. The van der Waals surface area contributed by atoms with E-state index in [2.05, 4.69) is 15.9 Å². The van der Waals surface area contributed by atoms with Crippen molar-refractivity contribution in [3.63, 3.8) is 0 Å². The first-order valence-electron chi connectivity index (χ1n) is 5.48. The predicted molar refractivity (Wildman–Crippen MR) is 68.1 cm³/mol. The van der Waals surface area contributed by atoms with E-state index in [1.54, 1.807) is 6.07 Å². The highest BCUT2D eigenvalue weighted by Crippen LogP contribution is 2.25. The lowest BCUT2D eigenvalue weighted by Crippen LogP contribution is -2.22. The lowest BCUT2D eigenvalue weighted by molar-refractivity contribution is -0.384. The summed E-state index contributed by atoms with van der Waals surface area (Å²) in [5, 5.41) is 29.5. The summed E-state index contributed by atoms with van der Waals surface area (Å²) in [5.74, 6) is 0. The number of nitrogens with zero attached hydrogens (tertiary/aromatic N) is 2. The van der Waals surface area contributed by atoms with Gasteiger partial charge in [0.1, 0.15) is 0 Å². The fourth-order valence-corrected chi connectivity index (χ4v) is 2.49. The lowest BCUT2D eigenvalue weighted by Gasteiger charge is -2.15. The maximum absolute atomic E-state index is 10.6. The Labute approximate surface area is 112 Å². The van der Waals surface area contributed by atoms with Gasteiger partial charge in [-0.25, -0.2) is 0 Å². The van der Waals surface area contributed by atoms with E-state index in [0.29, 0.717) is 24.1 Å². The van der Waals surface area contributed by atoms with E-state index < -0.39 is 17.1 Å². The first kappa shape index (κ1) is 13.4. The molecule has 1 heterocycles. The van der Waals surface area contributed by atoms with Gasteiger partial charge in [-0.15, -0.1) is 0 Å². The third kappa shape index (κ3) is 2.86. The van der Waals surface area contributed by atoms with Crippen LogP contribution in [0.15, 0.2) is 22.7 Å². The minimum atomic E-state index is -0.721. The molecule has 1 fully saturated rings. The molecule has 1 aliphatic heterocycles. The van der Waals surface area contributed by atoms with Crippen molar-refractivity contribution in [3.8, 4) is 0 Å². The predicted octanol–water partition coefficient (Wildman–Crippen LogP) is 0.895. The van der Waals surface area contributed by atoms with E-state index in [9.17, 15) is 20.3 Å². The number of aliphatic hydroxyl groups is 2. The summed E-state index contributed by atoms with van der Waals surface area (Å²) in [6, 6.07) is 4.58. The van der Waals surface area contributed by atoms with Crippen molar-refractivity contribution in [1.29, 1.82) is 0 Å². The molecule has 1 aromatic carbocycles. The number of nitro benzene ring substituents is 1. The Bertz CT molecular complexity index is 458. The van der Waals surface area contributed by atoms with Gasteiger partial charge in [0.15, 0.2) is 0 Å². The standard InChI is InChI=1S/C11H13BrN2O4/c12-9-3-8(14(17)18)2-1-7(9)4-13-5-10(15)11(16)6-13/h1-3,10-11,15-16H,4-6H2. The third-order valence-corrected chi connectivity index (χ3v) is 3.71. The summed E-state index contributed by atoms with van der Waals surface area (Å²) in [7, 11) is 0. The molecular formula is C11H13BrN2O4. The molecule has 7 heteroatoms. The quantitative estimate of drug-likeness (QED) is 0.639. The second kappa shape index (κ2) is 5.31. The molecule has 0 aliphatic carbocycles. The minimum absolute atomic E-state index is 0.0344. The molecule has 2 atom stereocenters. The summed E-state index contributed by atoms with van der Waals surface area (Å²) in [6.45, 7) is 1.35. The van der Waals surface area contributed by atoms with Crippen molar-refractivity contribution in [2.24, 2.45) is 0 Å². The Hall–Kier alpha value is -1.02. The first-order chi connectivity index (χ1) is 8.47. The molecule has 18 heavy (non-hydrogen) atoms. The molecule has 1 saturated heterocycles. The van der Waals surface area contributed by atoms with Gasteiger partial charge in [0.2, 0.25) is 0 Å². The first-order valence-corrected chi connectivity index (χ1v) is 6.28. The second-order valence-corrected chi connectivity index (χ2v) is 5.22. The number of halogens is 1. The molecule has 2 unspecified atom stereocenters. The van der Waals surface area contributed by atoms with Crippen LogP contribution in [0.3, 0.4) is 0 Å². The maximum Gasteiger partial charge on any atom is 0.270 e. The van der Waals surface area contributed by atoms with E-state index in [-0.39, 0.29) is 5.69 Å². The molecule has 2 N–H and O–H groups in total. The van der Waals surface area contributed by atoms with Gasteiger partial charge in [0, 0.05) is 36.2 Å². The number of likely N-dealkylation sites (tertiary alicyclic amines) is 1. The summed E-state index contributed by atoms with van der Waals surface area (Å²) in [4.78, 5) is 12.1. The summed E-state index contributed by atoms with van der Waals surface area (Å²) >= 11 is 3.30. The third-order valence-electron chi connectivity index (χ3n) is 2.98. The van der Waals surface area contributed by atoms with E-state index in [0.717, 1.165) is 5.56 Å². The molecule has 0 saturated carbocycles. The van der Waals surface area contributed by atoms with Crippen molar-refractivity contribution in [3.05, 3.63) is 38.3 Å². The van der Waals surface area contributed by atoms with Gasteiger partial charge in [0.25, 0.3) is 5.69 Å². The molecule has 1 aromatic rings. The van der Waals surface area contributed by atoms with Crippen LogP contribution in [0.4, 0.5) is 5.69 Å². The Morgan fingerprint density at radius 2 is 2.00 bits per heavy atom. The summed E-state index contributed by atoms with van der Waals surface area (Å²) in [5.41, 5.74) is 0.925. The lowest BCUT2D eigenvalue weighted by atomic mass is 10.2. The van der Waals surface area contributed by atoms with Crippen LogP contribution in [0.25, 0.3) is 0 Å². The topological polar surface area (TPSA) is 86.8 Å². The summed E-state index contributed by atoms with van der Waals surface area (Å²) < 4.78 is 0.660. The van der Waals surface area contributed by atoms with E-state index >= 15 is 0 Å². The molecule has 0 aromatic heterocycles. The molecule has 98 valence electrons. The SMILES string of the molecule is O=[N+]([O-])c1ccc(CN2CC(O)C(O)C2)c(Br)c1. The Morgan fingerprint density at radius 1 is 1.39 bits per heavy atom. The Balaban J connectivity index is 2.08. The highest BCUT2D eigenvalue weighted by molar-refractivity contribution is 9.10. The number of hydrogen-bond donors (Lipinski definition) is 2. The van der Waals surface area contributed by atoms with E-state index in [1.165, 1.54) is 12.1 Å². The fourth-order valence-electron chi connectivity index (χ4n) is 1.99. The van der Waals surface area contributed by atoms with Crippen LogP contribution in [0.1, 0.15) is 5.56 Å². The molecule has 2 rings (SSSR count). The molecular weight excluding hydrogens is 304 g/mol. The smallest absolute Gasteiger partial charge is 0.270 e. The molecule has 6 nitrogen and oxygen atoms in total. The fraction of sp³-hybridized carbons (Fsp3) is 0.455. The number of β-amino-alcohol motifs (C(OH)–C–C–N with tert-alkyl or cyclic N) is 2. The largest absolute Gasteiger partial charge is 0.389 e. The Morgan fingerprint density at radius 3 is 2.50 bits per heavy atom. The average molecular weight is 317 g/mol. The zero-order valence-corrected chi connectivity index (χ0v) is 11.1. The van der Waals surface area contributed by atoms with Gasteiger partial charge in [-0.2, -0.15) is 0 Å². The zero-order chi connectivity index (χ0) is 13.3. The molecule has 0 amide bonds. The van der Waals surface area contributed by atoms with E-state index in [4.69, 9.17) is 0 Å². The van der Waals surface area contributed by atoms with Crippen molar-refractivity contribution >= 4 is 21.6 Å². The highest BCUT2D eigenvalue weighted by atomic mass is 79.9. The average Bonchev–Trinajstić information content (AvgIpc) is 2.61. The van der Waals surface area contributed by atoms with Crippen LogP contribution in [0, 0.1) is 10.1 Å². The van der Waals surface area contributed by atoms with Crippen LogP contribution in [-0.2, 0) is 6.54 Å². The number of hydrogen-bond acceptors (Lipinski definition) is 5. The number of aliphatic hydroxyl groups excluding tert-OH is 2. The monoisotopic (exact) mass is 316 g/mol. The van der Waals surface area contributed by atoms with Crippen molar-refractivity contribution < 1.29 is 15.1 Å². The summed E-state index contributed by atoms with van der Waals surface area (Å²) in [6.07, 6.45) is -1.44. The minimum Gasteiger partial charge on any atom is -0.389 e. The number of non-ortho nitro benzene ring substituents is 1. The van der Waals surface area contributed by atoms with Gasteiger partial charge in [-0.3, -0.25) is 15.0 Å². The van der Waals surface area contributed by atoms with E-state index in [1.807, 2.05) is 4.90 Å².